The molecule has 28 heavy (non-hydrogen) atoms. The third-order valence-electron chi connectivity index (χ3n) is 7.96. The van der Waals surface area contributed by atoms with Gasteiger partial charge in [-0.2, -0.15) is 0 Å². The van der Waals surface area contributed by atoms with Crippen molar-refractivity contribution in [3.8, 4) is 5.75 Å². The highest BCUT2D eigenvalue weighted by molar-refractivity contribution is 5.80. The number of hydrogen-bond acceptors (Lipinski definition) is 2. The molecular weight excluding hydrogens is 344 g/mol. The Kier molecular flexibility index (Phi) is 3.36. The number of allylic oxidation sites excluding steroid dienone is 2. The third kappa shape index (κ3) is 2.13. The summed E-state index contributed by atoms with van der Waals surface area (Å²) in [6, 6.07) is 14.5. The molecule has 0 spiro atoms. The van der Waals surface area contributed by atoms with Crippen LogP contribution >= 0.6 is 0 Å². The quantitative estimate of drug-likeness (QED) is 0.592. The molecule has 4 unspecified atom stereocenters. The molecule has 3 aliphatic rings. The Morgan fingerprint density at radius 2 is 2.04 bits per heavy atom. The second kappa shape index (κ2) is 5.73. The molecule has 3 heteroatoms. The number of rotatable bonds is 1. The highest BCUT2D eigenvalue weighted by atomic mass is 16.3. The summed E-state index contributed by atoms with van der Waals surface area (Å²) < 4.78 is 2.35. The van der Waals surface area contributed by atoms with Crippen molar-refractivity contribution in [1.82, 2.24) is 9.55 Å². The maximum atomic E-state index is 9.89. The summed E-state index contributed by atoms with van der Waals surface area (Å²) in [6.07, 6.45) is 10.5. The number of aryl methyl sites for hydroxylation is 1. The first-order valence-corrected chi connectivity index (χ1v) is 10.6. The number of imidazole rings is 1. The summed E-state index contributed by atoms with van der Waals surface area (Å²) in [5, 5.41) is 9.89. The zero-order valence-electron chi connectivity index (χ0n) is 16.3. The molecule has 3 nitrogen and oxygen atoms in total. The average molecular weight is 370 g/mol. The number of para-hydroxylation sites is 2. The van der Waals surface area contributed by atoms with Crippen molar-refractivity contribution in [1.29, 1.82) is 0 Å². The van der Waals surface area contributed by atoms with Gasteiger partial charge >= 0.3 is 0 Å². The van der Waals surface area contributed by atoms with Crippen LogP contribution in [0.4, 0.5) is 0 Å². The number of phenols is 1. The van der Waals surface area contributed by atoms with Crippen molar-refractivity contribution in [3.63, 3.8) is 0 Å². The average Bonchev–Trinajstić information content (AvgIpc) is 3.28. The summed E-state index contributed by atoms with van der Waals surface area (Å²) >= 11 is 0. The predicted octanol–water partition coefficient (Wildman–Crippen LogP) is 5.75. The van der Waals surface area contributed by atoms with Crippen molar-refractivity contribution in [2.45, 2.75) is 44.9 Å². The van der Waals surface area contributed by atoms with Gasteiger partial charge in [-0.3, -0.25) is 0 Å². The lowest BCUT2D eigenvalue weighted by atomic mass is 9.55. The van der Waals surface area contributed by atoms with Crippen LogP contribution in [0.3, 0.4) is 0 Å². The predicted molar refractivity (Wildman–Crippen MR) is 112 cm³/mol. The van der Waals surface area contributed by atoms with E-state index in [2.05, 4.69) is 52.9 Å². The molecule has 142 valence electrons. The van der Waals surface area contributed by atoms with Gasteiger partial charge in [0.25, 0.3) is 0 Å². The fourth-order valence-corrected chi connectivity index (χ4v) is 6.64. The van der Waals surface area contributed by atoms with E-state index in [9.17, 15) is 5.11 Å². The molecule has 3 aromatic rings. The number of aromatic nitrogens is 2. The van der Waals surface area contributed by atoms with Gasteiger partial charge in [0, 0.05) is 11.1 Å². The largest absolute Gasteiger partial charge is 0.508 e. The molecule has 1 saturated carbocycles. The Labute approximate surface area is 165 Å². The summed E-state index contributed by atoms with van der Waals surface area (Å²) in [5.74, 6) is 2.49. The molecule has 0 radical (unpaired) electrons. The molecule has 3 aliphatic carbocycles. The van der Waals surface area contributed by atoms with Gasteiger partial charge in [-0.25, -0.2) is 4.98 Å². The van der Waals surface area contributed by atoms with Crippen LogP contribution in [-0.2, 0) is 6.42 Å². The molecule has 1 fully saturated rings. The monoisotopic (exact) mass is 370 g/mol. The number of nitrogens with zero attached hydrogens (tertiary/aromatic N) is 2. The van der Waals surface area contributed by atoms with Crippen LogP contribution in [0.5, 0.6) is 5.75 Å². The minimum Gasteiger partial charge on any atom is -0.508 e. The summed E-state index contributed by atoms with van der Waals surface area (Å²) in [5.41, 5.74) is 6.85. The fraction of sp³-hybridized carbons (Fsp3) is 0.400. The number of phenolic OH excluding ortho intramolecular Hbond substituents is 1. The van der Waals surface area contributed by atoms with Crippen LogP contribution in [-0.4, -0.2) is 14.7 Å². The van der Waals surface area contributed by atoms with Crippen molar-refractivity contribution >= 4 is 16.7 Å². The first-order chi connectivity index (χ1) is 13.6. The topological polar surface area (TPSA) is 38.0 Å². The Morgan fingerprint density at radius 1 is 1.14 bits per heavy atom. The van der Waals surface area contributed by atoms with Crippen molar-refractivity contribution in [3.05, 3.63) is 66.0 Å². The van der Waals surface area contributed by atoms with Crippen molar-refractivity contribution in [2.75, 3.05) is 0 Å². The molecule has 4 atom stereocenters. The number of aromatic hydroxyl groups is 1. The Bertz CT molecular complexity index is 1110. The van der Waals surface area contributed by atoms with Crippen LogP contribution in [0.2, 0.25) is 0 Å². The number of hydrogen-bond donors (Lipinski definition) is 1. The van der Waals surface area contributed by atoms with Gasteiger partial charge in [-0.05, 0) is 85.3 Å². The van der Waals surface area contributed by atoms with Crippen molar-refractivity contribution < 1.29 is 5.11 Å². The van der Waals surface area contributed by atoms with Crippen LogP contribution in [0.15, 0.2) is 54.9 Å². The van der Waals surface area contributed by atoms with Crippen LogP contribution in [0, 0.1) is 17.3 Å². The highest BCUT2D eigenvalue weighted by Gasteiger charge is 2.52. The Morgan fingerprint density at radius 3 is 2.96 bits per heavy atom. The smallest absolute Gasteiger partial charge is 0.115 e. The lowest BCUT2D eigenvalue weighted by molar-refractivity contribution is 0.0856. The van der Waals surface area contributed by atoms with Gasteiger partial charge in [0.05, 0.1) is 11.0 Å². The van der Waals surface area contributed by atoms with Gasteiger partial charge in [0.2, 0.25) is 0 Å². The first-order valence-electron chi connectivity index (χ1n) is 10.6. The molecule has 1 N–H and O–H groups in total. The minimum absolute atomic E-state index is 0.221. The van der Waals surface area contributed by atoms with Gasteiger partial charge in [0.15, 0.2) is 0 Å². The lowest BCUT2D eigenvalue weighted by Gasteiger charge is -2.50. The van der Waals surface area contributed by atoms with Gasteiger partial charge in [0.1, 0.15) is 12.1 Å². The van der Waals surface area contributed by atoms with Gasteiger partial charge < -0.3 is 9.67 Å². The maximum Gasteiger partial charge on any atom is 0.115 e. The van der Waals surface area contributed by atoms with E-state index in [1.54, 1.807) is 0 Å². The first kappa shape index (κ1) is 16.4. The molecule has 0 bridgehead atoms. The molecule has 0 amide bonds. The summed E-state index contributed by atoms with van der Waals surface area (Å²) in [4.78, 5) is 4.65. The Hall–Kier alpha value is -2.55. The van der Waals surface area contributed by atoms with Crippen LogP contribution in [0.25, 0.3) is 16.7 Å². The summed E-state index contributed by atoms with van der Waals surface area (Å²) in [6.45, 7) is 2.49. The van der Waals surface area contributed by atoms with Gasteiger partial charge in [-0.15, -0.1) is 0 Å². The van der Waals surface area contributed by atoms with E-state index < -0.39 is 0 Å². The van der Waals surface area contributed by atoms with E-state index in [1.165, 1.54) is 48.0 Å². The van der Waals surface area contributed by atoms with E-state index in [4.69, 9.17) is 0 Å². The second-order valence-electron chi connectivity index (χ2n) is 9.18. The fourth-order valence-electron chi connectivity index (χ4n) is 6.64. The number of benzene rings is 2. The second-order valence-corrected chi connectivity index (χ2v) is 9.18. The molecule has 0 saturated heterocycles. The van der Waals surface area contributed by atoms with E-state index in [0.29, 0.717) is 17.6 Å². The highest BCUT2D eigenvalue weighted by Crippen LogP contribution is 2.62. The van der Waals surface area contributed by atoms with Crippen molar-refractivity contribution in [2.24, 2.45) is 17.3 Å². The molecular formula is C25H26N2O. The standard InChI is InChI=1S/C25H26N2O/c1-25-13-12-19-18-9-7-17(28)14-16(18)6-8-20(19)21(25)10-11-24(25)27-15-26-22-4-2-3-5-23(22)27/h2-5,7,9,11,14-15,19-21,28H,6,8,10,12-13H2,1H3. The number of fused-ring (bicyclic) bond motifs is 6. The zero-order valence-corrected chi connectivity index (χ0v) is 16.3. The molecule has 1 heterocycles. The van der Waals surface area contributed by atoms with E-state index in [-0.39, 0.29) is 5.41 Å². The third-order valence-corrected chi connectivity index (χ3v) is 7.96. The Balaban J connectivity index is 1.38. The van der Waals surface area contributed by atoms with E-state index >= 15 is 0 Å². The lowest BCUT2D eigenvalue weighted by Crippen LogP contribution is -2.41. The van der Waals surface area contributed by atoms with E-state index in [1.807, 2.05) is 18.5 Å². The van der Waals surface area contributed by atoms with Gasteiger partial charge in [-0.1, -0.05) is 31.2 Å². The molecule has 2 aromatic carbocycles. The maximum absolute atomic E-state index is 9.89. The van der Waals surface area contributed by atoms with Crippen LogP contribution in [0.1, 0.15) is 49.7 Å². The van der Waals surface area contributed by atoms with E-state index in [0.717, 1.165) is 17.9 Å². The molecule has 6 rings (SSSR count). The SMILES string of the molecule is CC12CCC3c4ccc(O)cc4CCC3C1CC=C2n1cnc2ccccc21. The zero-order chi connectivity index (χ0) is 18.9. The summed E-state index contributed by atoms with van der Waals surface area (Å²) in [7, 11) is 0. The molecule has 0 aliphatic heterocycles. The minimum atomic E-state index is 0.221. The van der Waals surface area contributed by atoms with Crippen LogP contribution < -0.4 is 0 Å². The normalized spacial score (nSPS) is 31.2. The molecule has 1 aromatic heterocycles.